The average Bonchev–Trinajstić information content (AvgIpc) is 3.18. The van der Waals surface area contributed by atoms with Crippen LogP contribution in [-0.4, -0.2) is 52.9 Å². The van der Waals surface area contributed by atoms with Gasteiger partial charge >= 0.3 is 19.3 Å². The van der Waals surface area contributed by atoms with Crippen molar-refractivity contribution < 1.29 is 33.0 Å². The zero-order valence-electron chi connectivity index (χ0n) is 17.1. The molecule has 1 aliphatic rings. The minimum atomic E-state index is -4.03. The molecule has 0 bridgehead atoms. The van der Waals surface area contributed by atoms with Crippen LogP contribution in [0.15, 0.2) is 46.1 Å². The first kappa shape index (κ1) is 23.1. The number of hydrogen-bond acceptors (Lipinski definition) is 9. The number of carbonyl (C=O) groups is 1. The molecule has 168 valence electrons. The van der Waals surface area contributed by atoms with E-state index in [2.05, 4.69) is 4.98 Å². The van der Waals surface area contributed by atoms with Crippen molar-refractivity contribution >= 4 is 13.6 Å². The molecule has 0 aliphatic carbocycles. The van der Waals surface area contributed by atoms with Crippen LogP contribution < -0.4 is 11.2 Å². The lowest BCUT2D eigenvalue weighted by atomic mass is 10.1. The molecule has 0 amide bonds. The summed E-state index contributed by atoms with van der Waals surface area (Å²) in [4.78, 5) is 38.7. The van der Waals surface area contributed by atoms with Crippen LogP contribution in [0.3, 0.4) is 0 Å². The SMILES string of the molecule is COP(=O)(OC)[C@H](O)[C@H]1O[C@@H](n2cc(C)c(=O)[nH]c2=O)C[C@@H]1OC(=O)c1ccccc1. The molecule has 1 aliphatic heterocycles. The van der Waals surface area contributed by atoms with Gasteiger partial charge in [0.15, 0.2) is 5.85 Å². The number of H-pyrrole nitrogens is 1. The van der Waals surface area contributed by atoms with Crippen LogP contribution in [0.4, 0.5) is 0 Å². The molecule has 0 spiro atoms. The lowest BCUT2D eigenvalue weighted by Gasteiger charge is -2.27. The van der Waals surface area contributed by atoms with Gasteiger partial charge < -0.3 is 23.6 Å². The number of nitrogens with zero attached hydrogens (tertiary/aromatic N) is 1. The van der Waals surface area contributed by atoms with Gasteiger partial charge in [0.05, 0.1) is 5.56 Å². The number of aliphatic hydroxyl groups excluding tert-OH is 1. The number of aromatic nitrogens is 2. The second-order valence-corrected chi connectivity index (χ2v) is 9.24. The van der Waals surface area contributed by atoms with Gasteiger partial charge in [0, 0.05) is 32.4 Å². The molecule has 0 radical (unpaired) electrons. The summed E-state index contributed by atoms with van der Waals surface area (Å²) in [6.45, 7) is 1.51. The molecule has 2 N–H and O–H groups in total. The predicted molar refractivity (Wildman–Crippen MR) is 108 cm³/mol. The second-order valence-electron chi connectivity index (χ2n) is 6.90. The van der Waals surface area contributed by atoms with Crippen LogP contribution in [0.5, 0.6) is 0 Å². The van der Waals surface area contributed by atoms with Crippen molar-refractivity contribution in [1.29, 1.82) is 0 Å². The fourth-order valence-corrected chi connectivity index (χ4v) is 4.47. The number of rotatable bonds is 7. The molecule has 1 saturated heterocycles. The molecule has 2 aromatic rings. The second kappa shape index (κ2) is 9.29. The van der Waals surface area contributed by atoms with E-state index in [4.69, 9.17) is 18.5 Å². The first-order valence-electron chi connectivity index (χ1n) is 9.33. The fourth-order valence-electron chi connectivity index (χ4n) is 3.26. The fraction of sp³-hybridized carbons (Fsp3) is 0.421. The van der Waals surface area contributed by atoms with Gasteiger partial charge in [0.2, 0.25) is 0 Å². The lowest BCUT2D eigenvalue weighted by Crippen LogP contribution is -2.38. The number of aliphatic hydroxyl groups is 1. The first-order chi connectivity index (χ1) is 14.7. The van der Waals surface area contributed by atoms with Crippen molar-refractivity contribution in [1.82, 2.24) is 9.55 Å². The van der Waals surface area contributed by atoms with Gasteiger partial charge in [-0.05, 0) is 19.1 Å². The highest BCUT2D eigenvalue weighted by Gasteiger charge is 2.50. The Morgan fingerprint density at radius 2 is 1.90 bits per heavy atom. The molecule has 2 heterocycles. The van der Waals surface area contributed by atoms with Gasteiger partial charge in [-0.1, -0.05) is 18.2 Å². The summed E-state index contributed by atoms with van der Waals surface area (Å²) in [6, 6.07) is 8.14. The van der Waals surface area contributed by atoms with Crippen molar-refractivity contribution in [3.8, 4) is 0 Å². The zero-order valence-corrected chi connectivity index (χ0v) is 18.0. The lowest BCUT2D eigenvalue weighted by molar-refractivity contribution is -0.0705. The molecular formula is C19H23N2O9P. The number of nitrogens with one attached hydrogen (secondary N) is 1. The van der Waals surface area contributed by atoms with Gasteiger partial charge in [0.25, 0.3) is 5.56 Å². The Morgan fingerprint density at radius 1 is 1.26 bits per heavy atom. The van der Waals surface area contributed by atoms with Crippen LogP contribution in [-0.2, 0) is 23.1 Å². The third kappa shape index (κ3) is 4.70. The molecule has 1 fully saturated rings. The summed E-state index contributed by atoms with van der Waals surface area (Å²) in [6.07, 6.45) is -2.20. The minimum Gasteiger partial charge on any atom is -0.456 e. The monoisotopic (exact) mass is 454 g/mol. The Balaban J connectivity index is 1.94. The van der Waals surface area contributed by atoms with E-state index < -0.39 is 49.1 Å². The van der Waals surface area contributed by atoms with Crippen LogP contribution in [0.1, 0.15) is 28.6 Å². The summed E-state index contributed by atoms with van der Waals surface area (Å²) in [7, 11) is -1.83. The molecule has 3 rings (SSSR count). The van der Waals surface area contributed by atoms with Gasteiger partial charge in [0.1, 0.15) is 18.4 Å². The van der Waals surface area contributed by atoms with Gasteiger partial charge in [-0.25, -0.2) is 9.59 Å². The third-order valence-electron chi connectivity index (χ3n) is 4.97. The Labute approximate surface area is 177 Å². The normalized spacial score (nSPS) is 22.3. The van der Waals surface area contributed by atoms with Crippen LogP contribution in [0.2, 0.25) is 0 Å². The van der Waals surface area contributed by atoms with Crippen LogP contribution in [0, 0.1) is 6.92 Å². The highest BCUT2D eigenvalue weighted by atomic mass is 31.2. The molecule has 1 aromatic carbocycles. The first-order valence-corrected chi connectivity index (χ1v) is 10.9. The van der Waals surface area contributed by atoms with Crippen LogP contribution in [0.25, 0.3) is 0 Å². The number of esters is 1. The van der Waals surface area contributed by atoms with E-state index in [0.29, 0.717) is 0 Å². The standard InChI is InChI=1S/C19H23N2O9P/c1-11-10-21(19(25)20-16(11)22)14-9-13(29-17(23)12-7-5-4-6-8-12)15(30-14)18(24)31(26,27-2)28-3/h4-8,10,13-15,18,24H,9H2,1-3H3,(H,20,22,25)/t13-,14+,15-,18-/m0/s1. The van der Waals surface area contributed by atoms with E-state index in [0.717, 1.165) is 18.8 Å². The summed E-state index contributed by atoms with van der Waals surface area (Å²) in [5, 5.41) is 10.7. The van der Waals surface area contributed by atoms with Gasteiger partial charge in [-0.15, -0.1) is 0 Å². The topological polar surface area (TPSA) is 146 Å². The van der Waals surface area contributed by atoms with E-state index in [-0.39, 0.29) is 17.5 Å². The molecule has 4 atom stereocenters. The Morgan fingerprint density at radius 3 is 2.52 bits per heavy atom. The van der Waals surface area contributed by atoms with E-state index in [9.17, 15) is 24.1 Å². The Kier molecular flexibility index (Phi) is 6.93. The van der Waals surface area contributed by atoms with E-state index in [1.165, 1.54) is 13.1 Å². The molecule has 1 aromatic heterocycles. The maximum Gasteiger partial charge on any atom is 0.361 e. The third-order valence-corrected chi connectivity index (χ3v) is 6.93. The molecule has 11 nitrogen and oxygen atoms in total. The maximum atomic E-state index is 12.7. The Bertz CT molecular complexity index is 1090. The molecule has 0 saturated carbocycles. The van der Waals surface area contributed by atoms with E-state index >= 15 is 0 Å². The van der Waals surface area contributed by atoms with Crippen molar-refractivity contribution in [3.63, 3.8) is 0 Å². The summed E-state index contributed by atoms with van der Waals surface area (Å²) < 4.78 is 34.8. The van der Waals surface area contributed by atoms with E-state index in [1.54, 1.807) is 30.3 Å². The zero-order chi connectivity index (χ0) is 22.8. The number of aromatic amines is 1. The maximum absolute atomic E-state index is 12.7. The number of benzene rings is 1. The summed E-state index contributed by atoms with van der Waals surface area (Å²) in [5.41, 5.74) is -0.779. The Hall–Kier alpha value is -2.56. The molecular weight excluding hydrogens is 431 g/mol. The number of carbonyl (C=O) groups excluding carboxylic acids is 1. The largest absolute Gasteiger partial charge is 0.456 e. The van der Waals surface area contributed by atoms with Gasteiger partial charge in [-0.3, -0.25) is 18.9 Å². The highest BCUT2D eigenvalue weighted by Crippen LogP contribution is 2.54. The summed E-state index contributed by atoms with van der Waals surface area (Å²) in [5.74, 6) is -2.50. The quantitative estimate of drug-likeness (QED) is 0.465. The average molecular weight is 454 g/mol. The van der Waals surface area contributed by atoms with Crippen molar-refractivity contribution in [3.05, 3.63) is 68.5 Å². The minimum absolute atomic E-state index is 0.0564. The summed E-state index contributed by atoms with van der Waals surface area (Å²) >= 11 is 0. The number of ether oxygens (including phenoxy) is 2. The molecule has 0 unspecified atom stereocenters. The predicted octanol–water partition coefficient (Wildman–Crippen LogP) is 1.16. The van der Waals surface area contributed by atoms with Gasteiger partial charge in [-0.2, -0.15) is 0 Å². The van der Waals surface area contributed by atoms with Crippen LogP contribution >= 0.6 is 7.60 Å². The molecule has 31 heavy (non-hydrogen) atoms. The number of aryl methyl sites for hydroxylation is 1. The van der Waals surface area contributed by atoms with Crippen molar-refractivity contribution in [2.45, 2.75) is 37.6 Å². The van der Waals surface area contributed by atoms with Crippen molar-refractivity contribution in [2.24, 2.45) is 0 Å². The smallest absolute Gasteiger partial charge is 0.361 e. The number of hydrogen-bond donors (Lipinski definition) is 2. The van der Waals surface area contributed by atoms with Crippen molar-refractivity contribution in [2.75, 3.05) is 14.2 Å². The van der Waals surface area contributed by atoms with E-state index in [1.807, 2.05) is 0 Å². The molecule has 12 heteroatoms. The highest BCUT2D eigenvalue weighted by molar-refractivity contribution is 7.54.